The molecule has 0 aliphatic heterocycles. The fraction of sp³-hybridized carbons (Fsp3) is 0.350. The van der Waals surface area contributed by atoms with Gasteiger partial charge in [-0.25, -0.2) is 0 Å². The van der Waals surface area contributed by atoms with Crippen molar-refractivity contribution >= 4 is 11.7 Å². The lowest BCUT2D eigenvalue weighted by Gasteiger charge is -2.15. The molecule has 1 amide bonds. The average molecular weight is 370 g/mol. The van der Waals surface area contributed by atoms with E-state index in [1.54, 1.807) is 20.3 Å². The molecule has 0 spiro atoms. The molecule has 0 unspecified atom stereocenters. The minimum atomic E-state index is -0.488. The minimum absolute atomic E-state index is 0.0312. The van der Waals surface area contributed by atoms with Crippen molar-refractivity contribution in [3.05, 3.63) is 57.0 Å². The molecule has 1 aromatic heterocycles. The highest BCUT2D eigenvalue weighted by Crippen LogP contribution is 2.27. The van der Waals surface area contributed by atoms with E-state index in [0.717, 1.165) is 12.0 Å². The third-order valence-corrected chi connectivity index (χ3v) is 4.65. The number of rotatable bonds is 6. The Morgan fingerprint density at radius 1 is 1.11 bits per heavy atom. The van der Waals surface area contributed by atoms with E-state index >= 15 is 0 Å². The number of aromatic nitrogens is 1. The van der Waals surface area contributed by atoms with Crippen molar-refractivity contribution in [1.29, 1.82) is 0 Å². The molecule has 0 fully saturated rings. The smallest absolute Gasteiger partial charge is 0.261 e. The molecule has 142 valence electrons. The van der Waals surface area contributed by atoms with Crippen molar-refractivity contribution in [3.8, 4) is 11.5 Å². The first-order chi connectivity index (χ1) is 13.0. The average Bonchev–Trinajstić information content (AvgIpc) is 2.67. The lowest BCUT2D eigenvalue weighted by molar-refractivity contribution is 0.0952. The number of aryl methyl sites for hydroxylation is 1. The van der Waals surface area contributed by atoms with Gasteiger partial charge in [0.05, 0.1) is 14.2 Å². The number of ketones is 1. The number of carbonyl (C=O) groups excluding carboxylic acids is 2. The van der Waals surface area contributed by atoms with Gasteiger partial charge in [-0.3, -0.25) is 14.4 Å². The molecule has 27 heavy (non-hydrogen) atoms. The van der Waals surface area contributed by atoms with Crippen molar-refractivity contribution in [2.24, 2.45) is 0 Å². The third kappa shape index (κ3) is 4.02. The summed E-state index contributed by atoms with van der Waals surface area (Å²) in [6.07, 6.45) is 2.38. The molecule has 2 N–H and O–H groups in total. The molecule has 0 saturated carbocycles. The Bertz CT molecular complexity index is 932. The van der Waals surface area contributed by atoms with Crippen LogP contribution in [0.3, 0.4) is 0 Å². The highest BCUT2D eigenvalue weighted by Gasteiger charge is 2.21. The van der Waals surface area contributed by atoms with Crippen molar-refractivity contribution < 1.29 is 19.1 Å². The van der Waals surface area contributed by atoms with Gasteiger partial charge < -0.3 is 19.8 Å². The molecule has 7 heteroatoms. The quantitative estimate of drug-likeness (QED) is 0.809. The lowest BCUT2D eigenvalue weighted by Crippen LogP contribution is -2.32. The van der Waals surface area contributed by atoms with Crippen LogP contribution >= 0.6 is 0 Å². The molecule has 0 radical (unpaired) electrons. The monoisotopic (exact) mass is 370 g/mol. The second-order valence-corrected chi connectivity index (χ2v) is 6.38. The molecular weight excluding hydrogens is 348 g/mol. The van der Waals surface area contributed by atoms with Crippen LogP contribution in [-0.2, 0) is 12.8 Å². The summed E-state index contributed by atoms with van der Waals surface area (Å²) in [5, 5.41) is 2.73. The van der Waals surface area contributed by atoms with Crippen LogP contribution in [0.15, 0.2) is 29.1 Å². The molecule has 1 heterocycles. The van der Waals surface area contributed by atoms with E-state index in [1.165, 1.54) is 6.07 Å². The first-order valence-corrected chi connectivity index (χ1v) is 8.82. The Morgan fingerprint density at radius 2 is 1.89 bits per heavy atom. The highest BCUT2D eigenvalue weighted by atomic mass is 16.5. The zero-order chi connectivity index (χ0) is 19.4. The highest BCUT2D eigenvalue weighted by molar-refractivity contribution is 6.01. The Hall–Kier alpha value is -3.09. The van der Waals surface area contributed by atoms with Gasteiger partial charge in [0.15, 0.2) is 17.3 Å². The molecular formula is C20H22N2O5. The van der Waals surface area contributed by atoms with E-state index in [-0.39, 0.29) is 11.3 Å². The number of carbonyl (C=O) groups is 2. The van der Waals surface area contributed by atoms with Gasteiger partial charge in [0, 0.05) is 24.2 Å². The molecule has 3 rings (SSSR count). The van der Waals surface area contributed by atoms with Gasteiger partial charge in [0.2, 0.25) is 0 Å². The van der Waals surface area contributed by atoms with Gasteiger partial charge in [0.1, 0.15) is 5.56 Å². The molecule has 1 aliphatic carbocycles. The number of amides is 1. The number of pyridine rings is 1. The fourth-order valence-corrected chi connectivity index (χ4v) is 3.20. The van der Waals surface area contributed by atoms with Gasteiger partial charge in [-0.1, -0.05) is 6.07 Å². The summed E-state index contributed by atoms with van der Waals surface area (Å²) in [6, 6.07) is 6.95. The number of hydrogen-bond acceptors (Lipinski definition) is 5. The second kappa shape index (κ2) is 8.07. The first-order valence-electron chi connectivity index (χ1n) is 8.82. The summed E-state index contributed by atoms with van der Waals surface area (Å²) in [6.45, 7) is 0.346. The summed E-state index contributed by atoms with van der Waals surface area (Å²) in [4.78, 5) is 39.2. The van der Waals surface area contributed by atoms with E-state index in [0.29, 0.717) is 48.6 Å². The lowest BCUT2D eigenvalue weighted by atomic mass is 9.93. The summed E-state index contributed by atoms with van der Waals surface area (Å²) >= 11 is 0. The summed E-state index contributed by atoms with van der Waals surface area (Å²) in [5.41, 5.74) is 1.54. The number of methoxy groups -OCH3 is 2. The number of aromatic amines is 1. The largest absolute Gasteiger partial charge is 0.493 e. The fourth-order valence-electron chi connectivity index (χ4n) is 3.20. The predicted molar refractivity (Wildman–Crippen MR) is 99.9 cm³/mol. The van der Waals surface area contributed by atoms with E-state index in [1.807, 2.05) is 12.1 Å². The molecule has 2 aromatic rings. The molecule has 0 bridgehead atoms. The second-order valence-electron chi connectivity index (χ2n) is 6.38. The molecule has 7 nitrogen and oxygen atoms in total. The number of fused-ring (bicyclic) bond motifs is 1. The summed E-state index contributed by atoms with van der Waals surface area (Å²) < 4.78 is 10.5. The van der Waals surface area contributed by atoms with Crippen LogP contribution in [-0.4, -0.2) is 37.4 Å². The summed E-state index contributed by atoms with van der Waals surface area (Å²) in [7, 11) is 3.13. The Labute approximate surface area is 156 Å². The maximum atomic E-state index is 12.4. The SMILES string of the molecule is COc1ccc(CCNC(=O)c2cc3c([nH]c2=O)CCCC3=O)cc1OC. The van der Waals surface area contributed by atoms with Gasteiger partial charge in [-0.2, -0.15) is 0 Å². The van der Waals surface area contributed by atoms with Crippen molar-refractivity contribution in [2.45, 2.75) is 25.7 Å². The Balaban J connectivity index is 1.67. The predicted octanol–water partition coefficient (Wildman–Crippen LogP) is 1.88. The van der Waals surface area contributed by atoms with Crippen LogP contribution in [0, 0.1) is 0 Å². The number of ether oxygens (including phenoxy) is 2. The number of hydrogen-bond donors (Lipinski definition) is 2. The number of H-pyrrole nitrogens is 1. The maximum absolute atomic E-state index is 12.4. The number of nitrogens with one attached hydrogen (secondary N) is 2. The van der Waals surface area contributed by atoms with Crippen LogP contribution in [0.1, 0.15) is 44.8 Å². The summed E-state index contributed by atoms with van der Waals surface area (Å²) in [5.74, 6) is 0.728. The van der Waals surface area contributed by atoms with E-state index < -0.39 is 11.5 Å². The third-order valence-electron chi connectivity index (χ3n) is 4.65. The van der Waals surface area contributed by atoms with Crippen LogP contribution in [0.2, 0.25) is 0 Å². The zero-order valence-electron chi connectivity index (χ0n) is 15.4. The van der Waals surface area contributed by atoms with Gasteiger partial charge in [-0.15, -0.1) is 0 Å². The molecule has 0 saturated heterocycles. The van der Waals surface area contributed by atoms with E-state index in [9.17, 15) is 14.4 Å². The van der Waals surface area contributed by atoms with Crippen molar-refractivity contribution in [2.75, 3.05) is 20.8 Å². The Kier molecular flexibility index (Phi) is 5.59. The van der Waals surface area contributed by atoms with Crippen molar-refractivity contribution in [1.82, 2.24) is 10.3 Å². The first kappa shape index (κ1) is 18.7. The minimum Gasteiger partial charge on any atom is -0.493 e. The maximum Gasteiger partial charge on any atom is 0.261 e. The van der Waals surface area contributed by atoms with Crippen LogP contribution in [0.5, 0.6) is 11.5 Å². The van der Waals surface area contributed by atoms with Crippen LogP contribution < -0.4 is 20.3 Å². The van der Waals surface area contributed by atoms with Gasteiger partial charge in [-0.05, 0) is 43.0 Å². The topological polar surface area (TPSA) is 97.5 Å². The van der Waals surface area contributed by atoms with Crippen LogP contribution in [0.4, 0.5) is 0 Å². The van der Waals surface area contributed by atoms with E-state index in [4.69, 9.17) is 9.47 Å². The normalized spacial score (nSPS) is 13.0. The molecule has 0 atom stereocenters. The zero-order valence-corrected chi connectivity index (χ0v) is 15.4. The standard InChI is InChI=1S/C20H22N2O5/c1-26-17-7-6-12(10-18(17)27-2)8-9-21-19(24)14-11-13-15(22-20(14)25)4-3-5-16(13)23/h6-7,10-11H,3-5,8-9H2,1-2H3,(H,21,24)(H,22,25). The van der Waals surface area contributed by atoms with Gasteiger partial charge in [0.25, 0.3) is 11.5 Å². The molecule has 1 aromatic carbocycles. The van der Waals surface area contributed by atoms with Gasteiger partial charge >= 0.3 is 0 Å². The number of Topliss-reactive ketones (excluding diaryl/α,β-unsaturated/α-hetero) is 1. The van der Waals surface area contributed by atoms with Crippen molar-refractivity contribution in [3.63, 3.8) is 0 Å². The Morgan fingerprint density at radius 3 is 2.63 bits per heavy atom. The molecule has 1 aliphatic rings. The van der Waals surface area contributed by atoms with E-state index in [2.05, 4.69) is 10.3 Å². The number of benzene rings is 1. The van der Waals surface area contributed by atoms with Crippen LogP contribution in [0.25, 0.3) is 0 Å².